The normalized spacial score (nSPS) is 11.6. The molecule has 0 bridgehead atoms. The van der Waals surface area contributed by atoms with E-state index >= 15 is 0 Å². The monoisotopic (exact) mass is 819 g/mol. The molecule has 0 spiro atoms. The highest BCUT2D eigenvalue weighted by molar-refractivity contribution is 6.11. The van der Waals surface area contributed by atoms with E-state index in [9.17, 15) is 0 Å². The Hall–Kier alpha value is -8.41. The summed E-state index contributed by atoms with van der Waals surface area (Å²) in [7, 11) is 0. The van der Waals surface area contributed by atoms with Crippen LogP contribution in [0.4, 0.5) is 0 Å². The number of nitrogens with zero attached hydrogens (tertiary/aromatic N) is 5. The summed E-state index contributed by atoms with van der Waals surface area (Å²) in [5, 5.41) is 4.99. The number of para-hydroxylation sites is 3. The fourth-order valence-corrected chi connectivity index (χ4v) is 9.43. The zero-order chi connectivity index (χ0) is 42.6. The van der Waals surface area contributed by atoms with Gasteiger partial charge in [0.15, 0.2) is 17.5 Å². The van der Waals surface area contributed by atoms with E-state index in [1.165, 1.54) is 77.1 Å². The molecule has 64 heavy (non-hydrogen) atoms. The van der Waals surface area contributed by atoms with Crippen LogP contribution in [0.3, 0.4) is 0 Å². The van der Waals surface area contributed by atoms with Crippen LogP contribution in [0, 0.1) is 6.92 Å². The SMILES string of the molecule is Cc1ccccc1-n1c2ccccc2c2cc(-c3ccc(-n4c5ccccc5c5cc(Cc6cccc(-c7nc(-c8ccccc8)nc(-c8ccccc8)n7)c6)ccc54)cc3)ccc21. The average Bonchev–Trinajstić information content (AvgIpc) is 3.87. The second kappa shape index (κ2) is 15.5. The van der Waals surface area contributed by atoms with Crippen molar-refractivity contribution in [1.29, 1.82) is 0 Å². The summed E-state index contributed by atoms with van der Waals surface area (Å²) in [6.45, 7) is 2.19. The Morgan fingerprint density at radius 2 is 0.828 bits per heavy atom. The molecule has 9 aromatic carbocycles. The van der Waals surface area contributed by atoms with Crippen molar-refractivity contribution in [2.45, 2.75) is 13.3 Å². The topological polar surface area (TPSA) is 48.5 Å². The van der Waals surface area contributed by atoms with E-state index in [0.29, 0.717) is 17.5 Å². The van der Waals surface area contributed by atoms with Crippen LogP contribution in [0.15, 0.2) is 218 Å². The van der Waals surface area contributed by atoms with Crippen molar-refractivity contribution < 1.29 is 0 Å². The zero-order valence-corrected chi connectivity index (χ0v) is 35.2. The van der Waals surface area contributed by atoms with Crippen LogP contribution in [0.2, 0.25) is 0 Å². The van der Waals surface area contributed by atoms with Crippen LogP contribution < -0.4 is 0 Å². The van der Waals surface area contributed by atoms with Gasteiger partial charge >= 0.3 is 0 Å². The van der Waals surface area contributed by atoms with Gasteiger partial charge in [-0.15, -0.1) is 0 Å². The van der Waals surface area contributed by atoms with Crippen LogP contribution in [0.5, 0.6) is 0 Å². The summed E-state index contributed by atoms with van der Waals surface area (Å²) in [6.07, 6.45) is 0.772. The Balaban J connectivity index is 0.875. The van der Waals surface area contributed by atoms with Gasteiger partial charge in [-0.1, -0.05) is 158 Å². The lowest BCUT2D eigenvalue weighted by molar-refractivity contribution is 1.07. The van der Waals surface area contributed by atoms with Crippen LogP contribution in [-0.4, -0.2) is 24.1 Å². The summed E-state index contributed by atoms with van der Waals surface area (Å²) in [6, 6.07) is 77.8. The minimum absolute atomic E-state index is 0.658. The van der Waals surface area contributed by atoms with E-state index in [1.54, 1.807) is 0 Å². The minimum atomic E-state index is 0.658. The quantitative estimate of drug-likeness (QED) is 0.153. The third kappa shape index (κ3) is 6.54. The first-order chi connectivity index (χ1) is 31.6. The molecule has 5 nitrogen and oxygen atoms in total. The number of hydrogen-bond donors (Lipinski definition) is 0. The van der Waals surface area contributed by atoms with Crippen molar-refractivity contribution in [3.63, 3.8) is 0 Å². The summed E-state index contributed by atoms with van der Waals surface area (Å²) in [5.74, 6) is 1.98. The van der Waals surface area contributed by atoms with Crippen LogP contribution in [-0.2, 0) is 6.42 Å². The number of aromatic nitrogens is 5. The van der Waals surface area contributed by atoms with Gasteiger partial charge in [-0.2, -0.15) is 0 Å². The smallest absolute Gasteiger partial charge is 0.164 e. The third-order valence-corrected chi connectivity index (χ3v) is 12.5. The van der Waals surface area contributed by atoms with Crippen LogP contribution in [0.25, 0.3) is 100 Å². The van der Waals surface area contributed by atoms with Crippen molar-refractivity contribution in [3.05, 3.63) is 235 Å². The Morgan fingerprint density at radius 1 is 0.328 bits per heavy atom. The molecule has 5 heteroatoms. The molecule has 0 N–H and O–H groups in total. The number of benzene rings is 9. The number of fused-ring (bicyclic) bond motifs is 6. The van der Waals surface area contributed by atoms with Gasteiger partial charge in [0.25, 0.3) is 0 Å². The first-order valence-electron chi connectivity index (χ1n) is 21.8. The molecule has 0 fully saturated rings. The fraction of sp³-hybridized carbons (Fsp3) is 0.0339. The number of aryl methyl sites for hydroxylation is 1. The van der Waals surface area contributed by atoms with Gasteiger partial charge in [0.05, 0.1) is 22.1 Å². The van der Waals surface area contributed by atoms with E-state index in [0.717, 1.165) is 28.8 Å². The minimum Gasteiger partial charge on any atom is -0.309 e. The lowest BCUT2D eigenvalue weighted by Gasteiger charge is -2.12. The molecule has 0 amide bonds. The maximum absolute atomic E-state index is 4.99. The second-order valence-electron chi connectivity index (χ2n) is 16.5. The Morgan fingerprint density at radius 3 is 1.52 bits per heavy atom. The lowest BCUT2D eigenvalue weighted by atomic mass is 10.0. The van der Waals surface area contributed by atoms with Gasteiger partial charge in [0, 0.05) is 49.6 Å². The molecule has 12 aromatic rings. The van der Waals surface area contributed by atoms with Crippen molar-refractivity contribution in [1.82, 2.24) is 24.1 Å². The molecule has 3 heterocycles. The summed E-state index contributed by atoms with van der Waals surface area (Å²) >= 11 is 0. The van der Waals surface area contributed by atoms with Crippen molar-refractivity contribution in [3.8, 4) is 56.7 Å². The highest BCUT2D eigenvalue weighted by Crippen LogP contribution is 2.38. The Labute approximate surface area is 371 Å². The predicted octanol–water partition coefficient (Wildman–Crippen LogP) is 14.6. The van der Waals surface area contributed by atoms with E-state index < -0.39 is 0 Å². The number of rotatable bonds is 8. The van der Waals surface area contributed by atoms with Crippen molar-refractivity contribution in [2.24, 2.45) is 0 Å². The van der Waals surface area contributed by atoms with Gasteiger partial charge in [0.2, 0.25) is 0 Å². The Kier molecular flexibility index (Phi) is 9.04. The fourth-order valence-electron chi connectivity index (χ4n) is 9.43. The molecule has 0 saturated heterocycles. The first-order valence-corrected chi connectivity index (χ1v) is 21.8. The van der Waals surface area contributed by atoms with Gasteiger partial charge in [-0.05, 0) is 102 Å². The molecule has 302 valence electrons. The number of hydrogen-bond acceptors (Lipinski definition) is 3. The highest BCUT2D eigenvalue weighted by Gasteiger charge is 2.17. The molecular formula is C59H41N5. The molecule has 0 saturated carbocycles. The van der Waals surface area contributed by atoms with Gasteiger partial charge in [-0.3, -0.25) is 0 Å². The average molecular weight is 820 g/mol. The maximum atomic E-state index is 4.99. The van der Waals surface area contributed by atoms with Crippen LogP contribution >= 0.6 is 0 Å². The molecule has 0 aliphatic heterocycles. The molecule has 12 rings (SSSR count). The largest absolute Gasteiger partial charge is 0.309 e. The molecule has 0 aliphatic carbocycles. The Bertz CT molecular complexity index is 3640. The van der Waals surface area contributed by atoms with Crippen molar-refractivity contribution in [2.75, 3.05) is 0 Å². The lowest BCUT2D eigenvalue weighted by Crippen LogP contribution is -2.00. The van der Waals surface area contributed by atoms with Gasteiger partial charge < -0.3 is 9.13 Å². The van der Waals surface area contributed by atoms with E-state index in [2.05, 4.69) is 174 Å². The van der Waals surface area contributed by atoms with Gasteiger partial charge in [0.1, 0.15) is 0 Å². The van der Waals surface area contributed by atoms with E-state index in [-0.39, 0.29) is 0 Å². The molecule has 0 atom stereocenters. The van der Waals surface area contributed by atoms with E-state index in [4.69, 9.17) is 15.0 Å². The molecule has 3 aromatic heterocycles. The maximum Gasteiger partial charge on any atom is 0.164 e. The molecular weight excluding hydrogens is 779 g/mol. The van der Waals surface area contributed by atoms with Crippen LogP contribution in [0.1, 0.15) is 16.7 Å². The predicted molar refractivity (Wildman–Crippen MR) is 264 cm³/mol. The third-order valence-electron chi connectivity index (χ3n) is 12.5. The molecule has 0 radical (unpaired) electrons. The molecule has 0 unspecified atom stereocenters. The molecule has 0 aliphatic rings. The second-order valence-corrected chi connectivity index (χ2v) is 16.5. The summed E-state index contributed by atoms with van der Waals surface area (Å²) < 4.78 is 4.80. The highest BCUT2D eigenvalue weighted by atomic mass is 15.0. The standard InChI is InChI=1S/C59H41N5/c1-39-15-8-11-24-52(39)64-54-26-13-10-23-49(54)51-38-45(30-34-56(51)64)42-28-31-47(32-29-42)63-53-25-12-9-22-48(53)50-37-41(27-33-55(50)63)35-40-16-14-21-46(36-40)59-61-57(43-17-4-2-5-18-43)60-58(62-59)44-19-6-3-7-20-44/h2-34,36-38H,35H2,1H3. The van der Waals surface area contributed by atoms with E-state index in [1.807, 2.05) is 60.7 Å². The van der Waals surface area contributed by atoms with Gasteiger partial charge in [-0.25, -0.2) is 15.0 Å². The zero-order valence-electron chi connectivity index (χ0n) is 35.2. The summed E-state index contributed by atoms with van der Waals surface area (Å²) in [5.41, 5.74) is 16.1. The van der Waals surface area contributed by atoms with Crippen molar-refractivity contribution >= 4 is 43.6 Å². The summed E-state index contributed by atoms with van der Waals surface area (Å²) in [4.78, 5) is 14.9. The first kappa shape index (κ1) is 37.4.